The number of hydrogen-bond donors (Lipinski definition) is 2. The Balaban J connectivity index is 1.53. The number of benzene rings is 3. The highest BCUT2D eigenvalue weighted by molar-refractivity contribution is 7.92. The van der Waals surface area contributed by atoms with Gasteiger partial charge >= 0.3 is 0 Å². The molecule has 0 saturated carbocycles. The van der Waals surface area contributed by atoms with Crippen LogP contribution in [0.4, 0.5) is 5.69 Å². The zero-order chi connectivity index (χ0) is 22.7. The molecule has 4 rings (SSSR count). The van der Waals surface area contributed by atoms with Crippen molar-refractivity contribution < 1.29 is 22.7 Å². The van der Waals surface area contributed by atoms with Crippen molar-refractivity contribution in [1.82, 2.24) is 5.32 Å². The van der Waals surface area contributed by atoms with E-state index in [9.17, 15) is 13.2 Å². The molecule has 1 aliphatic heterocycles. The number of para-hydroxylation sites is 1. The number of nitrogens with one attached hydrogen (secondary N) is 2. The Morgan fingerprint density at radius 3 is 2.41 bits per heavy atom. The summed E-state index contributed by atoms with van der Waals surface area (Å²) in [6.07, 6.45) is 0. The van der Waals surface area contributed by atoms with Gasteiger partial charge in [-0.1, -0.05) is 30.3 Å². The summed E-state index contributed by atoms with van der Waals surface area (Å²) in [7, 11) is -3.85. The van der Waals surface area contributed by atoms with Gasteiger partial charge in [-0.15, -0.1) is 0 Å². The molecule has 0 bridgehead atoms. The molecule has 0 spiro atoms. The van der Waals surface area contributed by atoms with Gasteiger partial charge in [0.2, 0.25) is 0 Å². The Hall–Kier alpha value is -3.52. The molecule has 2 N–H and O–H groups in total. The molecule has 0 aromatic heterocycles. The zero-order valence-corrected chi connectivity index (χ0v) is 18.6. The summed E-state index contributed by atoms with van der Waals surface area (Å²) in [6.45, 7) is 4.54. The van der Waals surface area contributed by atoms with Crippen molar-refractivity contribution in [3.8, 4) is 11.5 Å². The number of fused-ring (bicyclic) bond motifs is 1. The van der Waals surface area contributed by atoms with Gasteiger partial charge in [0, 0.05) is 11.3 Å². The fourth-order valence-corrected chi connectivity index (χ4v) is 4.77. The summed E-state index contributed by atoms with van der Waals surface area (Å²) >= 11 is 0. The number of amides is 1. The maximum atomic E-state index is 12.9. The highest BCUT2D eigenvalue weighted by atomic mass is 32.2. The Bertz CT molecular complexity index is 1240. The Morgan fingerprint density at radius 1 is 0.938 bits per heavy atom. The molecule has 1 atom stereocenters. The SMILES string of the molecule is Cc1ccc(C(=O)NC(C)c2ccc3c(c2)OCCO3)cc1S(=O)(=O)Nc1ccccc1. The molecule has 7 nitrogen and oxygen atoms in total. The predicted octanol–water partition coefficient (Wildman–Crippen LogP) is 4.06. The highest BCUT2D eigenvalue weighted by Gasteiger charge is 2.21. The van der Waals surface area contributed by atoms with Crippen LogP contribution in [0.5, 0.6) is 11.5 Å². The van der Waals surface area contributed by atoms with Crippen molar-refractivity contribution in [2.75, 3.05) is 17.9 Å². The van der Waals surface area contributed by atoms with Crippen LogP contribution in [0.1, 0.15) is 34.5 Å². The first-order valence-electron chi connectivity index (χ1n) is 10.2. The van der Waals surface area contributed by atoms with Crippen LogP contribution < -0.4 is 19.5 Å². The fraction of sp³-hybridized carbons (Fsp3) is 0.208. The molecule has 8 heteroatoms. The number of rotatable bonds is 6. The highest BCUT2D eigenvalue weighted by Crippen LogP contribution is 2.32. The fourth-order valence-electron chi connectivity index (χ4n) is 3.44. The summed E-state index contributed by atoms with van der Waals surface area (Å²) in [5, 5.41) is 2.92. The quantitative estimate of drug-likeness (QED) is 0.588. The van der Waals surface area contributed by atoms with E-state index in [1.54, 1.807) is 49.4 Å². The molecule has 166 valence electrons. The molecule has 32 heavy (non-hydrogen) atoms. The van der Waals surface area contributed by atoms with Gasteiger partial charge in [-0.05, 0) is 61.4 Å². The van der Waals surface area contributed by atoms with E-state index in [1.165, 1.54) is 6.07 Å². The van der Waals surface area contributed by atoms with E-state index in [2.05, 4.69) is 10.0 Å². The van der Waals surface area contributed by atoms with Gasteiger partial charge in [-0.25, -0.2) is 8.42 Å². The predicted molar refractivity (Wildman–Crippen MR) is 122 cm³/mol. The van der Waals surface area contributed by atoms with Crippen molar-refractivity contribution >= 4 is 21.6 Å². The first-order chi connectivity index (χ1) is 15.3. The molecule has 1 amide bonds. The summed E-state index contributed by atoms with van der Waals surface area (Å²) in [5.41, 5.74) is 2.11. The molecular formula is C24H24N2O5S. The van der Waals surface area contributed by atoms with Crippen LogP contribution >= 0.6 is 0 Å². The number of hydrogen-bond acceptors (Lipinski definition) is 5. The van der Waals surface area contributed by atoms with Crippen molar-refractivity contribution in [2.45, 2.75) is 24.8 Å². The smallest absolute Gasteiger partial charge is 0.262 e. The molecule has 3 aromatic rings. The minimum atomic E-state index is -3.85. The van der Waals surface area contributed by atoms with Crippen molar-refractivity contribution in [3.63, 3.8) is 0 Å². The minimum Gasteiger partial charge on any atom is -0.486 e. The maximum absolute atomic E-state index is 12.9. The second-order valence-corrected chi connectivity index (χ2v) is 9.20. The van der Waals surface area contributed by atoms with Crippen molar-refractivity contribution in [1.29, 1.82) is 0 Å². The Morgan fingerprint density at radius 2 is 1.66 bits per heavy atom. The molecule has 1 heterocycles. The zero-order valence-electron chi connectivity index (χ0n) is 17.8. The van der Waals surface area contributed by atoms with E-state index in [1.807, 2.05) is 25.1 Å². The van der Waals surface area contributed by atoms with Gasteiger partial charge in [0.15, 0.2) is 11.5 Å². The topological polar surface area (TPSA) is 93.7 Å². The molecule has 3 aromatic carbocycles. The van der Waals surface area contributed by atoms with E-state index in [-0.39, 0.29) is 22.4 Å². The van der Waals surface area contributed by atoms with E-state index in [0.29, 0.717) is 36.0 Å². The van der Waals surface area contributed by atoms with Gasteiger partial charge in [-0.2, -0.15) is 0 Å². The second kappa shape index (κ2) is 8.92. The normalized spacial score (nSPS) is 13.8. The Labute approximate surface area is 187 Å². The lowest BCUT2D eigenvalue weighted by molar-refractivity contribution is 0.0939. The van der Waals surface area contributed by atoms with E-state index < -0.39 is 10.0 Å². The first kappa shape index (κ1) is 21.7. The largest absolute Gasteiger partial charge is 0.486 e. The third-order valence-corrected chi connectivity index (χ3v) is 6.70. The summed E-state index contributed by atoms with van der Waals surface area (Å²) in [6, 6.07) is 18.5. The van der Waals surface area contributed by atoms with Gasteiger partial charge in [-0.3, -0.25) is 9.52 Å². The molecule has 0 radical (unpaired) electrons. The number of sulfonamides is 1. The lowest BCUT2D eigenvalue weighted by Gasteiger charge is -2.21. The van der Waals surface area contributed by atoms with Crippen LogP contribution in [0, 0.1) is 6.92 Å². The van der Waals surface area contributed by atoms with Gasteiger partial charge in [0.25, 0.3) is 15.9 Å². The minimum absolute atomic E-state index is 0.0565. The van der Waals surface area contributed by atoms with E-state index >= 15 is 0 Å². The third kappa shape index (κ3) is 4.70. The number of ether oxygens (including phenoxy) is 2. The standard InChI is InChI=1S/C24H24N2O5S/c1-16-8-9-19(15-23(16)32(28,29)26-20-6-4-3-5-7-20)24(27)25-17(2)18-10-11-21-22(14-18)31-13-12-30-21/h3-11,14-15,17,26H,12-13H2,1-2H3,(H,25,27). The monoisotopic (exact) mass is 452 g/mol. The van der Waals surface area contributed by atoms with Crippen LogP contribution in [-0.4, -0.2) is 27.5 Å². The van der Waals surface area contributed by atoms with E-state index in [0.717, 1.165) is 5.56 Å². The summed E-state index contributed by atoms with van der Waals surface area (Å²) in [5.74, 6) is 0.951. The molecular weight excluding hydrogens is 428 g/mol. The average Bonchev–Trinajstić information content (AvgIpc) is 2.79. The van der Waals surface area contributed by atoms with Crippen LogP contribution in [0.3, 0.4) is 0 Å². The third-order valence-electron chi connectivity index (χ3n) is 5.18. The maximum Gasteiger partial charge on any atom is 0.262 e. The summed E-state index contributed by atoms with van der Waals surface area (Å²) < 4.78 is 39.5. The van der Waals surface area contributed by atoms with Gasteiger partial charge in [0.1, 0.15) is 13.2 Å². The second-order valence-electron chi connectivity index (χ2n) is 7.55. The molecule has 0 saturated heterocycles. The molecule has 0 fully saturated rings. The van der Waals surface area contributed by atoms with Gasteiger partial charge < -0.3 is 14.8 Å². The number of anilines is 1. The van der Waals surface area contributed by atoms with Crippen LogP contribution in [-0.2, 0) is 10.0 Å². The van der Waals surface area contributed by atoms with Gasteiger partial charge in [0.05, 0.1) is 10.9 Å². The Kier molecular flexibility index (Phi) is 6.05. The molecule has 0 aliphatic carbocycles. The lowest BCUT2D eigenvalue weighted by Crippen LogP contribution is -2.27. The van der Waals surface area contributed by atoms with Crippen LogP contribution in [0.25, 0.3) is 0 Å². The van der Waals surface area contributed by atoms with Crippen molar-refractivity contribution in [3.05, 3.63) is 83.4 Å². The summed E-state index contributed by atoms with van der Waals surface area (Å²) in [4.78, 5) is 12.9. The lowest BCUT2D eigenvalue weighted by atomic mass is 10.1. The van der Waals surface area contributed by atoms with E-state index in [4.69, 9.17) is 9.47 Å². The first-order valence-corrected chi connectivity index (χ1v) is 11.7. The average molecular weight is 453 g/mol. The van der Waals surface area contributed by atoms with Crippen LogP contribution in [0.15, 0.2) is 71.6 Å². The number of aryl methyl sites for hydroxylation is 1. The van der Waals surface area contributed by atoms with Crippen molar-refractivity contribution in [2.24, 2.45) is 0 Å². The molecule has 1 unspecified atom stereocenters. The number of carbonyl (C=O) groups is 1. The van der Waals surface area contributed by atoms with Crippen LogP contribution in [0.2, 0.25) is 0 Å². The molecule has 1 aliphatic rings. The number of carbonyl (C=O) groups excluding carboxylic acids is 1.